The maximum atomic E-state index is 12.4. The number of hydrogen-bond donors (Lipinski definition) is 1. The highest BCUT2D eigenvalue weighted by molar-refractivity contribution is 9.10. The molecule has 1 nitrogen and oxygen atoms in total. The van der Waals surface area contributed by atoms with Gasteiger partial charge < -0.3 is 5.32 Å². The Hall–Kier alpha value is -0.710. The summed E-state index contributed by atoms with van der Waals surface area (Å²) in [5, 5.41) is 2.47. The zero-order valence-corrected chi connectivity index (χ0v) is 8.61. The predicted octanol–water partition coefficient (Wildman–Crippen LogP) is 3.35. The predicted molar refractivity (Wildman–Crippen MR) is 51.3 cm³/mol. The van der Waals surface area contributed by atoms with Crippen molar-refractivity contribution >= 4 is 21.6 Å². The van der Waals surface area contributed by atoms with Crippen LogP contribution in [0.1, 0.15) is 5.56 Å². The molecule has 1 aliphatic heterocycles. The summed E-state index contributed by atoms with van der Waals surface area (Å²) in [5.41, 5.74) is 1.27. The molecular formula is C9H7BrF3N. The van der Waals surface area contributed by atoms with Gasteiger partial charge in [-0.15, -0.1) is 0 Å². The minimum atomic E-state index is -4.18. The van der Waals surface area contributed by atoms with Crippen LogP contribution in [0.5, 0.6) is 0 Å². The van der Waals surface area contributed by atoms with E-state index in [0.717, 1.165) is 0 Å². The fourth-order valence-corrected chi connectivity index (χ4v) is 2.06. The first-order valence-corrected chi connectivity index (χ1v) is 4.88. The smallest absolute Gasteiger partial charge is 0.373 e. The number of anilines is 1. The Bertz CT molecular complexity index is 362. The summed E-state index contributed by atoms with van der Waals surface area (Å²) in [6.07, 6.45) is -4.17. The van der Waals surface area contributed by atoms with Crippen LogP contribution in [0.15, 0.2) is 22.7 Å². The average Bonchev–Trinajstić information content (AvgIpc) is 2.48. The Morgan fingerprint density at radius 1 is 1.36 bits per heavy atom. The van der Waals surface area contributed by atoms with E-state index >= 15 is 0 Å². The van der Waals surface area contributed by atoms with E-state index in [2.05, 4.69) is 21.2 Å². The molecule has 76 valence electrons. The molecular weight excluding hydrogens is 259 g/mol. The third-order valence-corrected chi connectivity index (χ3v) is 2.90. The molecule has 0 saturated heterocycles. The zero-order chi connectivity index (χ0) is 10.3. The minimum absolute atomic E-state index is 0.0122. The Morgan fingerprint density at radius 3 is 2.64 bits per heavy atom. The summed E-state index contributed by atoms with van der Waals surface area (Å²) in [6, 6.07) is 3.73. The van der Waals surface area contributed by atoms with E-state index in [9.17, 15) is 13.2 Å². The number of rotatable bonds is 0. The van der Waals surface area contributed by atoms with Gasteiger partial charge in [-0.1, -0.05) is 12.1 Å². The number of benzene rings is 1. The fraction of sp³-hybridized carbons (Fsp3) is 0.333. The van der Waals surface area contributed by atoms with Crippen molar-refractivity contribution in [2.45, 2.75) is 18.6 Å². The molecule has 0 amide bonds. The first-order valence-electron chi connectivity index (χ1n) is 4.09. The van der Waals surface area contributed by atoms with Crippen LogP contribution in [-0.2, 0) is 6.42 Å². The SMILES string of the molecule is FC(F)(F)[C@@H]1Cc2cccc(Br)c2N1. The van der Waals surface area contributed by atoms with Crippen molar-refractivity contribution in [2.75, 3.05) is 5.32 Å². The van der Waals surface area contributed by atoms with Crippen molar-refractivity contribution in [1.29, 1.82) is 0 Å². The maximum absolute atomic E-state index is 12.4. The fourth-order valence-electron chi connectivity index (χ4n) is 1.54. The van der Waals surface area contributed by atoms with Crippen molar-refractivity contribution < 1.29 is 13.2 Å². The molecule has 0 aromatic heterocycles. The molecule has 1 N–H and O–H groups in total. The summed E-state index contributed by atoms with van der Waals surface area (Å²) in [7, 11) is 0. The number of halogens is 4. The number of hydrogen-bond acceptors (Lipinski definition) is 1. The quantitative estimate of drug-likeness (QED) is 0.759. The lowest BCUT2D eigenvalue weighted by atomic mass is 10.1. The van der Waals surface area contributed by atoms with Gasteiger partial charge in [0, 0.05) is 10.9 Å². The molecule has 1 aromatic rings. The van der Waals surface area contributed by atoms with E-state index in [-0.39, 0.29) is 6.42 Å². The largest absolute Gasteiger partial charge is 0.408 e. The van der Waals surface area contributed by atoms with Gasteiger partial charge in [0.05, 0.1) is 5.69 Å². The standard InChI is InChI=1S/C9H7BrF3N/c10-6-3-1-2-5-4-7(9(11,12)13)14-8(5)6/h1-3,7,14H,4H2/t7-/m0/s1. The van der Waals surface area contributed by atoms with Crippen LogP contribution < -0.4 is 5.32 Å². The Balaban J connectivity index is 2.31. The second-order valence-corrected chi connectivity index (χ2v) is 4.07. The number of para-hydroxylation sites is 1. The van der Waals surface area contributed by atoms with Crippen molar-refractivity contribution in [3.63, 3.8) is 0 Å². The van der Waals surface area contributed by atoms with E-state index in [4.69, 9.17) is 0 Å². The molecule has 0 radical (unpaired) electrons. The van der Waals surface area contributed by atoms with Crippen molar-refractivity contribution in [2.24, 2.45) is 0 Å². The molecule has 0 bridgehead atoms. The molecule has 2 rings (SSSR count). The lowest BCUT2D eigenvalue weighted by Crippen LogP contribution is -2.34. The van der Waals surface area contributed by atoms with Crippen LogP contribution in [0.2, 0.25) is 0 Å². The molecule has 0 fully saturated rings. The van der Waals surface area contributed by atoms with Crippen LogP contribution >= 0.6 is 15.9 Å². The highest BCUT2D eigenvalue weighted by Gasteiger charge is 2.43. The molecule has 1 aromatic carbocycles. The van der Waals surface area contributed by atoms with Gasteiger partial charge >= 0.3 is 6.18 Å². The third-order valence-electron chi connectivity index (χ3n) is 2.24. The monoisotopic (exact) mass is 265 g/mol. The van der Waals surface area contributed by atoms with E-state index in [1.54, 1.807) is 18.2 Å². The molecule has 0 aliphatic carbocycles. The summed E-state index contributed by atoms with van der Waals surface area (Å²) >= 11 is 3.21. The normalized spacial score (nSPS) is 20.4. The molecule has 1 heterocycles. The van der Waals surface area contributed by atoms with Crippen LogP contribution in [-0.4, -0.2) is 12.2 Å². The molecule has 0 saturated carbocycles. The molecule has 0 unspecified atom stereocenters. The molecule has 0 spiro atoms. The summed E-state index contributed by atoms with van der Waals surface area (Å²) < 4.78 is 37.8. The van der Waals surface area contributed by atoms with E-state index < -0.39 is 12.2 Å². The van der Waals surface area contributed by atoms with Gasteiger partial charge in [0.25, 0.3) is 0 Å². The first kappa shape index (κ1) is 9.83. The Labute approximate surface area is 87.4 Å². The van der Waals surface area contributed by atoms with Gasteiger partial charge in [-0.25, -0.2) is 0 Å². The second-order valence-electron chi connectivity index (χ2n) is 3.22. The summed E-state index contributed by atoms with van der Waals surface area (Å²) in [6.45, 7) is 0. The van der Waals surface area contributed by atoms with Gasteiger partial charge in [0.2, 0.25) is 0 Å². The summed E-state index contributed by atoms with van der Waals surface area (Å²) in [4.78, 5) is 0. The van der Waals surface area contributed by atoms with E-state index in [0.29, 0.717) is 15.7 Å². The van der Waals surface area contributed by atoms with Crippen molar-refractivity contribution in [3.05, 3.63) is 28.2 Å². The Kier molecular flexibility index (Phi) is 2.21. The molecule has 1 atom stereocenters. The first-order chi connectivity index (χ1) is 6.48. The Morgan fingerprint density at radius 2 is 2.07 bits per heavy atom. The highest BCUT2D eigenvalue weighted by atomic mass is 79.9. The molecule has 14 heavy (non-hydrogen) atoms. The second kappa shape index (κ2) is 3.15. The van der Waals surface area contributed by atoms with Crippen LogP contribution in [0, 0.1) is 0 Å². The number of nitrogens with one attached hydrogen (secondary N) is 1. The lowest BCUT2D eigenvalue weighted by molar-refractivity contribution is -0.140. The van der Waals surface area contributed by atoms with E-state index in [1.165, 1.54) is 0 Å². The van der Waals surface area contributed by atoms with E-state index in [1.807, 2.05) is 0 Å². The minimum Gasteiger partial charge on any atom is -0.373 e. The van der Waals surface area contributed by atoms with Gasteiger partial charge in [0.15, 0.2) is 0 Å². The van der Waals surface area contributed by atoms with Gasteiger partial charge in [-0.3, -0.25) is 0 Å². The average molecular weight is 266 g/mol. The van der Waals surface area contributed by atoms with Gasteiger partial charge in [-0.2, -0.15) is 13.2 Å². The van der Waals surface area contributed by atoms with Crippen LogP contribution in [0.25, 0.3) is 0 Å². The van der Waals surface area contributed by atoms with Crippen LogP contribution in [0.3, 0.4) is 0 Å². The van der Waals surface area contributed by atoms with Gasteiger partial charge in [-0.05, 0) is 27.6 Å². The van der Waals surface area contributed by atoms with Crippen molar-refractivity contribution in [3.8, 4) is 0 Å². The van der Waals surface area contributed by atoms with Crippen molar-refractivity contribution in [1.82, 2.24) is 0 Å². The molecule has 5 heteroatoms. The summed E-state index contributed by atoms with van der Waals surface area (Å²) in [5.74, 6) is 0. The maximum Gasteiger partial charge on any atom is 0.408 e. The van der Waals surface area contributed by atoms with Crippen LogP contribution in [0.4, 0.5) is 18.9 Å². The number of fused-ring (bicyclic) bond motifs is 1. The van der Waals surface area contributed by atoms with Gasteiger partial charge in [0.1, 0.15) is 6.04 Å². The lowest BCUT2D eigenvalue weighted by Gasteiger charge is -2.15. The zero-order valence-electron chi connectivity index (χ0n) is 7.03. The number of alkyl halides is 3. The molecule has 1 aliphatic rings. The topological polar surface area (TPSA) is 12.0 Å². The third kappa shape index (κ3) is 1.61. The highest BCUT2D eigenvalue weighted by Crippen LogP contribution is 2.38.